The number of hydrogen-bond acceptors (Lipinski definition) is 3. The summed E-state index contributed by atoms with van der Waals surface area (Å²) in [5.74, 6) is -0.357. The van der Waals surface area contributed by atoms with Gasteiger partial charge in [-0.05, 0) is 10.8 Å². The summed E-state index contributed by atoms with van der Waals surface area (Å²) in [5, 5.41) is 1.89. The number of fused-ring (bicyclic) bond motifs is 1. The van der Waals surface area contributed by atoms with Crippen LogP contribution in [0.25, 0.3) is 10.8 Å². The molecule has 0 aromatic heterocycles. The first kappa shape index (κ1) is 12.5. The van der Waals surface area contributed by atoms with E-state index in [2.05, 4.69) is 0 Å². The maximum absolute atomic E-state index is 12.1. The molecule has 3 heteroatoms. The first-order valence-electron chi connectivity index (χ1n) is 5.74. The number of ketones is 2. The maximum atomic E-state index is 12.1. The summed E-state index contributed by atoms with van der Waals surface area (Å²) in [7, 11) is 1.44. The second-order valence-electron chi connectivity index (χ2n) is 4.10. The lowest BCUT2D eigenvalue weighted by atomic mass is 9.99. The Labute approximate surface area is 105 Å². The van der Waals surface area contributed by atoms with Gasteiger partial charge in [-0.25, -0.2) is 0 Å². The van der Waals surface area contributed by atoms with E-state index in [1.807, 2.05) is 36.4 Å². The van der Waals surface area contributed by atoms with Crippen LogP contribution < -0.4 is 0 Å². The lowest BCUT2D eigenvalue weighted by Crippen LogP contribution is -2.13. The van der Waals surface area contributed by atoms with E-state index in [1.54, 1.807) is 6.07 Å². The molecule has 0 amide bonds. The van der Waals surface area contributed by atoms with Crippen LogP contribution in [0.4, 0.5) is 0 Å². The fourth-order valence-corrected chi connectivity index (χ4v) is 1.95. The third kappa shape index (κ3) is 2.63. The van der Waals surface area contributed by atoms with Crippen molar-refractivity contribution in [3.63, 3.8) is 0 Å². The van der Waals surface area contributed by atoms with Crippen LogP contribution in [0.3, 0.4) is 0 Å². The van der Waals surface area contributed by atoms with Gasteiger partial charge in [-0.1, -0.05) is 42.5 Å². The highest BCUT2D eigenvalue weighted by molar-refractivity contribution is 6.14. The molecule has 0 bridgehead atoms. The molecule has 0 radical (unpaired) electrons. The first-order valence-corrected chi connectivity index (χ1v) is 5.74. The highest BCUT2D eigenvalue weighted by Crippen LogP contribution is 2.19. The zero-order chi connectivity index (χ0) is 13.0. The van der Waals surface area contributed by atoms with Crippen molar-refractivity contribution < 1.29 is 14.3 Å². The molecule has 0 spiro atoms. The Morgan fingerprint density at radius 2 is 1.78 bits per heavy atom. The van der Waals surface area contributed by atoms with Gasteiger partial charge in [-0.3, -0.25) is 9.59 Å². The Morgan fingerprint density at radius 3 is 2.56 bits per heavy atom. The quantitative estimate of drug-likeness (QED) is 0.598. The van der Waals surface area contributed by atoms with Gasteiger partial charge in [0.25, 0.3) is 0 Å². The van der Waals surface area contributed by atoms with Crippen molar-refractivity contribution >= 4 is 22.3 Å². The summed E-state index contributed by atoms with van der Waals surface area (Å²) >= 11 is 0. The van der Waals surface area contributed by atoms with Gasteiger partial charge in [0, 0.05) is 12.7 Å². The van der Waals surface area contributed by atoms with Gasteiger partial charge in [-0.15, -0.1) is 0 Å². The monoisotopic (exact) mass is 242 g/mol. The molecule has 2 aromatic carbocycles. The number of ether oxygens (including phenoxy) is 1. The highest BCUT2D eigenvalue weighted by Gasteiger charge is 2.13. The summed E-state index contributed by atoms with van der Waals surface area (Å²) in [5.41, 5.74) is 0.595. The summed E-state index contributed by atoms with van der Waals surface area (Å²) in [4.78, 5) is 23.5. The van der Waals surface area contributed by atoms with E-state index in [9.17, 15) is 9.59 Å². The molecule has 0 aliphatic heterocycles. The maximum Gasteiger partial charge on any atom is 0.170 e. The number of methoxy groups -OCH3 is 1. The summed E-state index contributed by atoms with van der Waals surface area (Å²) < 4.78 is 4.73. The number of benzene rings is 2. The largest absolute Gasteiger partial charge is 0.377 e. The average Bonchev–Trinajstić information content (AvgIpc) is 2.38. The van der Waals surface area contributed by atoms with Gasteiger partial charge in [0.15, 0.2) is 11.6 Å². The average molecular weight is 242 g/mol. The lowest BCUT2D eigenvalue weighted by Gasteiger charge is -2.05. The van der Waals surface area contributed by atoms with Crippen molar-refractivity contribution in [1.29, 1.82) is 0 Å². The minimum absolute atomic E-state index is 0.0174. The second kappa shape index (κ2) is 5.56. The van der Waals surface area contributed by atoms with Crippen LogP contribution >= 0.6 is 0 Å². The highest BCUT2D eigenvalue weighted by atomic mass is 16.5. The molecular formula is C15H14O3. The standard InChI is InChI=1S/C15H14O3/c1-18-10-12(16)9-15(17)14-8-4-6-11-5-2-3-7-13(11)14/h2-8H,9-10H2,1H3. The molecular weight excluding hydrogens is 228 g/mol. The Kier molecular flexibility index (Phi) is 3.85. The van der Waals surface area contributed by atoms with Gasteiger partial charge >= 0.3 is 0 Å². The smallest absolute Gasteiger partial charge is 0.170 e. The molecule has 0 aliphatic carbocycles. The molecule has 2 aromatic rings. The second-order valence-corrected chi connectivity index (χ2v) is 4.10. The molecule has 0 saturated carbocycles. The zero-order valence-electron chi connectivity index (χ0n) is 10.2. The summed E-state index contributed by atoms with van der Waals surface area (Å²) in [6.07, 6.45) is -0.109. The molecule has 92 valence electrons. The summed E-state index contributed by atoms with van der Waals surface area (Å²) in [6, 6.07) is 13.2. The van der Waals surface area contributed by atoms with Crippen LogP contribution in [0.15, 0.2) is 42.5 Å². The SMILES string of the molecule is COCC(=O)CC(=O)c1cccc2ccccc12. The molecule has 0 heterocycles. The molecule has 0 unspecified atom stereocenters. The third-order valence-corrected chi connectivity index (χ3v) is 2.75. The van der Waals surface area contributed by atoms with Crippen molar-refractivity contribution in [3.8, 4) is 0 Å². The van der Waals surface area contributed by atoms with Gasteiger partial charge in [-0.2, -0.15) is 0 Å². The molecule has 0 atom stereocenters. The zero-order valence-corrected chi connectivity index (χ0v) is 10.2. The lowest BCUT2D eigenvalue weighted by molar-refractivity contribution is -0.121. The van der Waals surface area contributed by atoms with Crippen LogP contribution in [0.2, 0.25) is 0 Å². The van der Waals surface area contributed by atoms with E-state index in [-0.39, 0.29) is 24.6 Å². The Balaban J connectivity index is 2.30. The van der Waals surface area contributed by atoms with E-state index in [1.165, 1.54) is 7.11 Å². The topological polar surface area (TPSA) is 43.4 Å². The van der Waals surface area contributed by atoms with Crippen LogP contribution in [0.1, 0.15) is 16.8 Å². The van der Waals surface area contributed by atoms with Crippen LogP contribution in [0.5, 0.6) is 0 Å². The molecule has 2 rings (SSSR count). The fraction of sp³-hybridized carbons (Fsp3) is 0.200. The minimum atomic E-state index is -0.199. The predicted molar refractivity (Wildman–Crippen MR) is 69.8 cm³/mol. The van der Waals surface area contributed by atoms with Crippen LogP contribution in [0, 0.1) is 0 Å². The fourth-order valence-electron chi connectivity index (χ4n) is 1.95. The number of rotatable bonds is 5. The predicted octanol–water partition coefficient (Wildman–Crippen LogP) is 2.63. The van der Waals surface area contributed by atoms with E-state index < -0.39 is 0 Å². The van der Waals surface area contributed by atoms with Gasteiger partial charge in [0.2, 0.25) is 0 Å². The van der Waals surface area contributed by atoms with Crippen molar-refractivity contribution in [2.24, 2.45) is 0 Å². The number of carbonyl (C=O) groups is 2. The number of Topliss-reactive ketones (excluding diaryl/α,β-unsaturated/α-hetero) is 2. The van der Waals surface area contributed by atoms with Crippen LogP contribution in [-0.4, -0.2) is 25.3 Å². The van der Waals surface area contributed by atoms with Crippen molar-refractivity contribution in [3.05, 3.63) is 48.0 Å². The normalized spacial score (nSPS) is 10.5. The number of carbonyl (C=O) groups excluding carboxylic acids is 2. The van der Waals surface area contributed by atoms with Crippen molar-refractivity contribution in [2.45, 2.75) is 6.42 Å². The Bertz CT molecular complexity index is 582. The molecule has 3 nitrogen and oxygen atoms in total. The van der Waals surface area contributed by atoms with E-state index in [0.29, 0.717) is 5.56 Å². The minimum Gasteiger partial charge on any atom is -0.377 e. The molecule has 18 heavy (non-hydrogen) atoms. The third-order valence-electron chi connectivity index (χ3n) is 2.75. The molecule has 0 fully saturated rings. The van der Waals surface area contributed by atoms with Crippen LogP contribution in [-0.2, 0) is 9.53 Å². The van der Waals surface area contributed by atoms with E-state index in [0.717, 1.165) is 10.8 Å². The van der Waals surface area contributed by atoms with Crippen molar-refractivity contribution in [1.82, 2.24) is 0 Å². The molecule has 0 saturated heterocycles. The Hall–Kier alpha value is -2.00. The van der Waals surface area contributed by atoms with Gasteiger partial charge < -0.3 is 4.74 Å². The first-order chi connectivity index (χ1) is 8.72. The Morgan fingerprint density at radius 1 is 1.06 bits per heavy atom. The number of hydrogen-bond donors (Lipinski definition) is 0. The molecule has 0 aliphatic rings. The van der Waals surface area contributed by atoms with E-state index in [4.69, 9.17) is 4.74 Å². The van der Waals surface area contributed by atoms with Gasteiger partial charge in [0.1, 0.15) is 6.61 Å². The van der Waals surface area contributed by atoms with Crippen molar-refractivity contribution in [2.75, 3.05) is 13.7 Å². The van der Waals surface area contributed by atoms with E-state index >= 15 is 0 Å². The summed E-state index contributed by atoms with van der Waals surface area (Å²) in [6.45, 7) is -0.0174. The molecule has 0 N–H and O–H groups in total. The van der Waals surface area contributed by atoms with Gasteiger partial charge in [0.05, 0.1) is 6.42 Å².